The van der Waals surface area contributed by atoms with Crippen molar-refractivity contribution in [2.45, 2.75) is 13.0 Å². The van der Waals surface area contributed by atoms with Crippen molar-refractivity contribution in [2.24, 2.45) is 5.92 Å². The van der Waals surface area contributed by atoms with Crippen LogP contribution in [0.15, 0.2) is 36.4 Å². The molecule has 0 saturated carbocycles. The van der Waals surface area contributed by atoms with E-state index in [0.717, 1.165) is 10.9 Å². The van der Waals surface area contributed by atoms with Crippen molar-refractivity contribution >= 4 is 16.7 Å². The third-order valence-electron chi connectivity index (χ3n) is 4.64. The highest BCUT2D eigenvalue weighted by Gasteiger charge is 2.31. The van der Waals surface area contributed by atoms with E-state index in [1.807, 2.05) is 4.90 Å². The lowest BCUT2D eigenvalue weighted by molar-refractivity contribution is 0.107. The van der Waals surface area contributed by atoms with E-state index in [1.54, 1.807) is 43.3 Å². The fourth-order valence-corrected chi connectivity index (χ4v) is 3.07. The summed E-state index contributed by atoms with van der Waals surface area (Å²) in [7, 11) is 0. The maximum absolute atomic E-state index is 14.5. The Morgan fingerprint density at radius 2 is 2.04 bits per heavy atom. The molecule has 1 saturated heterocycles. The lowest BCUT2D eigenvalue weighted by Gasteiger charge is -2.41. The molecule has 3 heterocycles. The largest absolute Gasteiger partial charge is 0.508 e. The molecule has 1 aromatic carbocycles. The summed E-state index contributed by atoms with van der Waals surface area (Å²) in [5.74, 6) is 0.439. The summed E-state index contributed by atoms with van der Waals surface area (Å²) < 4.78 is 14.5. The molecule has 2 aromatic heterocycles. The first-order valence-electron chi connectivity index (χ1n) is 7.93. The van der Waals surface area contributed by atoms with E-state index in [0.29, 0.717) is 30.2 Å². The number of aromatic amines is 1. The van der Waals surface area contributed by atoms with Crippen LogP contribution in [0.1, 0.15) is 6.92 Å². The highest BCUT2D eigenvalue weighted by Crippen LogP contribution is 2.31. The Kier molecular flexibility index (Phi) is 3.42. The molecule has 5 nitrogen and oxygen atoms in total. The molecule has 0 bridgehead atoms. The average molecular weight is 327 g/mol. The van der Waals surface area contributed by atoms with Crippen LogP contribution in [0.5, 0.6) is 5.75 Å². The molecule has 1 aliphatic heterocycles. The SMILES string of the molecule is CC(O)C1CN(c2ccc(-c3cc4cc(O)ccc4[nH]3)c(F)n2)C1. The van der Waals surface area contributed by atoms with Crippen molar-refractivity contribution in [2.75, 3.05) is 18.0 Å². The first kappa shape index (κ1) is 15.0. The fourth-order valence-electron chi connectivity index (χ4n) is 3.07. The van der Waals surface area contributed by atoms with Crippen LogP contribution in [0.2, 0.25) is 0 Å². The minimum atomic E-state index is -0.538. The normalized spacial score (nSPS) is 16.4. The number of hydrogen-bond donors (Lipinski definition) is 3. The highest BCUT2D eigenvalue weighted by atomic mass is 19.1. The van der Waals surface area contributed by atoms with Crippen LogP contribution in [0.25, 0.3) is 22.2 Å². The Labute approximate surface area is 138 Å². The van der Waals surface area contributed by atoms with Crippen molar-refractivity contribution in [1.29, 1.82) is 0 Å². The van der Waals surface area contributed by atoms with Gasteiger partial charge in [0.05, 0.1) is 17.4 Å². The summed E-state index contributed by atoms with van der Waals surface area (Å²) >= 11 is 0. The summed E-state index contributed by atoms with van der Waals surface area (Å²) in [6.45, 7) is 3.15. The summed E-state index contributed by atoms with van der Waals surface area (Å²) in [4.78, 5) is 9.15. The third kappa shape index (κ3) is 2.49. The standard InChI is InChI=1S/C18H18FN3O2/c1-10(23)12-8-22(9-12)17-5-3-14(18(19)21-17)16-7-11-6-13(24)2-4-15(11)20-16/h2-7,10,12,20,23-24H,8-9H2,1H3. The Morgan fingerprint density at radius 1 is 1.25 bits per heavy atom. The average Bonchev–Trinajstić information content (AvgIpc) is 2.88. The van der Waals surface area contributed by atoms with Gasteiger partial charge in [0, 0.05) is 29.9 Å². The zero-order valence-corrected chi connectivity index (χ0v) is 13.2. The number of aliphatic hydroxyl groups excluding tert-OH is 1. The predicted octanol–water partition coefficient (Wildman–Crippen LogP) is 2.89. The molecule has 1 unspecified atom stereocenters. The lowest BCUT2D eigenvalue weighted by atomic mass is 9.95. The van der Waals surface area contributed by atoms with Crippen molar-refractivity contribution in [3.8, 4) is 17.0 Å². The minimum absolute atomic E-state index is 0.174. The molecule has 1 aliphatic rings. The second kappa shape index (κ2) is 5.49. The molecule has 1 fully saturated rings. The summed E-state index contributed by atoms with van der Waals surface area (Å²) in [5, 5.41) is 19.9. The molecular formula is C18H18FN3O2. The van der Waals surface area contributed by atoms with Gasteiger partial charge in [-0.25, -0.2) is 4.98 Å². The Hall–Kier alpha value is -2.60. The van der Waals surface area contributed by atoms with Crippen LogP contribution in [-0.4, -0.2) is 39.4 Å². The zero-order chi connectivity index (χ0) is 16.8. The van der Waals surface area contributed by atoms with Crippen LogP contribution in [0.4, 0.5) is 10.2 Å². The number of anilines is 1. The zero-order valence-electron chi connectivity index (χ0n) is 13.2. The van der Waals surface area contributed by atoms with Gasteiger partial charge in [-0.05, 0) is 43.3 Å². The van der Waals surface area contributed by atoms with Gasteiger partial charge in [-0.3, -0.25) is 0 Å². The molecule has 0 aliphatic carbocycles. The molecule has 1 atom stereocenters. The predicted molar refractivity (Wildman–Crippen MR) is 90.5 cm³/mol. The maximum Gasteiger partial charge on any atom is 0.224 e. The molecule has 0 spiro atoms. The smallest absolute Gasteiger partial charge is 0.224 e. The summed E-state index contributed by atoms with van der Waals surface area (Å²) in [6.07, 6.45) is -0.354. The molecule has 3 aromatic rings. The maximum atomic E-state index is 14.5. The first-order valence-corrected chi connectivity index (χ1v) is 7.93. The highest BCUT2D eigenvalue weighted by molar-refractivity contribution is 5.87. The van der Waals surface area contributed by atoms with Gasteiger partial charge in [0.25, 0.3) is 0 Å². The number of H-pyrrole nitrogens is 1. The van der Waals surface area contributed by atoms with E-state index in [2.05, 4.69) is 9.97 Å². The van der Waals surface area contributed by atoms with E-state index in [-0.39, 0.29) is 17.8 Å². The van der Waals surface area contributed by atoms with Gasteiger partial charge >= 0.3 is 0 Å². The van der Waals surface area contributed by atoms with Crippen molar-refractivity contribution in [3.05, 3.63) is 42.3 Å². The van der Waals surface area contributed by atoms with Gasteiger partial charge in [-0.15, -0.1) is 0 Å². The number of nitrogens with one attached hydrogen (secondary N) is 1. The topological polar surface area (TPSA) is 72.4 Å². The third-order valence-corrected chi connectivity index (χ3v) is 4.64. The number of benzene rings is 1. The van der Waals surface area contributed by atoms with Gasteiger partial charge in [0.1, 0.15) is 11.6 Å². The van der Waals surface area contributed by atoms with E-state index in [1.165, 1.54) is 0 Å². The molecular weight excluding hydrogens is 309 g/mol. The Balaban J connectivity index is 1.62. The fraction of sp³-hybridized carbons (Fsp3) is 0.278. The molecule has 124 valence electrons. The first-order chi connectivity index (χ1) is 11.5. The monoisotopic (exact) mass is 327 g/mol. The van der Waals surface area contributed by atoms with Gasteiger partial charge < -0.3 is 20.1 Å². The molecule has 3 N–H and O–H groups in total. The molecule has 6 heteroatoms. The van der Waals surface area contributed by atoms with Gasteiger partial charge in [-0.1, -0.05) is 0 Å². The summed E-state index contributed by atoms with van der Waals surface area (Å²) in [6, 6.07) is 10.3. The van der Waals surface area contributed by atoms with Crippen LogP contribution in [-0.2, 0) is 0 Å². The number of aromatic nitrogens is 2. The van der Waals surface area contributed by atoms with E-state index in [4.69, 9.17) is 0 Å². The minimum Gasteiger partial charge on any atom is -0.508 e. The number of phenolic OH excluding ortho intramolecular Hbond substituents is 1. The van der Waals surface area contributed by atoms with Crippen molar-refractivity contribution in [1.82, 2.24) is 9.97 Å². The van der Waals surface area contributed by atoms with Crippen LogP contribution < -0.4 is 4.90 Å². The number of phenols is 1. The van der Waals surface area contributed by atoms with E-state index < -0.39 is 5.95 Å². The van der Waals surface area contributed by atoms with E-state index >= 15 is 0 Å². The van der Waals surface area contributed by atoms with Crippen LogP contribution in [0.3, 0.4) is 0 Å². The van der Waals surface area contributed by atoms with Gasteiger partial charge in [-0.2, -0.15) is 4.39 Å². The van der Waals surface area contributed by atoms with Crippen molar-refractivity contribution in [3.63, 3.8) is 0 Å². The number of halogens is 1. The molecule has 0 amide bonds. The van der Waals surface area contributed by atoms with Crippen LogP contribution >= 0.6 is 0 Å². The Morgan fingerprint density at radius 3 is 2.75 bits per heavy atom. The Bertz CT molecular complexity index is 900. The van der Waals surface area contributed by atoms with Crippen LogP contribution in [0, 0.1) is 11.9 Å². The second-order valence-corrected chi connectivity index (χ2v) is 6.37. The van der Waals surface area contributed by atoms with Gasteiger partial charge in [0.2, 0.25) is 5.95 Å². The number of hydrogen-bond acceptors (Lipinski definition) is 4. The number of rotatable bonds is 3. The molecule has 4 rings (SSSR count). The van der Waals surface area contributed by atoms with E-state index in [9.17, 15) is 14.6 Å². The lowest BCUT2D eigenvalue weighted by Crippen LogP contribution is -2.51. The number of aromatic hydroxyl groups is 1. The molecule has 0 radical (unpaired) electrons. The number of fused-ring (bicyclic) bond motifs is 1. The van der Waals surface area contributed by atoms with Crippen molar-refractivity contribution < 1.29 is 14.6 Å². The molecule has 24 heavy (non-hydrogen) atoms. The number of pyridine rings is 1. The summed E-state index contributed by atoms with van der Waals surface area (Å²) in [5.41, 5.74) is 1.84. The second-order valence-electron chi connectivity index (χ2n) is 6.37. The number of aliphatic hydroxyl groups is 1. The quantitative estimate of drug-likeness (QED) is 0.647. The van der Waals surface area contributed by atoms with Gasteiger partial charge in [0.15, 0.2) is 0 Å². The number of nitrogens with zero attached hydrogens (tertiary/aromatic N) is 2.